The molecule has 1 unspecified atom stereocenters. The Bertz CT molecular complexity index is 846. The zero-order valence-corrected chi connectivity index (χ0v) is 17.2. The van der Waals surface area contributed by atoms with E-state index in [-0.39, 0.29) is 11.9 Å². The average Bonchev–Trinajstić information content (AvgIpc) is 3.21. The molecular weight excluding hydrogens is 364 g/mol. The van der Waals surface area contributed by atoms with E-state index in [4.69, 9.17) is 9.47 Å². The van der Waals surface area contributed by atoms with Crippen LogP contribution >= 0.6 is 0 Å². The molecule has 4 rings (SSSR count). The molecule has 2 aromatic carbocycles. The predicted octanol–water partition coefficient (Wildman–Crippen LogP) is 3.13. The molecule has 1 atom stereocenters. The van der Waals surface area contributed by atoms with Crippen LogP contribution in [-0.4, -0.2) is 49.7 Å². The highest BCUT2D eigenvalue weighted by Crippen LogP contribution is 2.31. The zero-order valence-electron chi connectivity index (χ0n) is 17.2. The van der Waals surface area contributed by atoms with Gasteiger partial charge in [-0.05, 0) is 62.5 Å². The molecule has 1 saturated heterocycles. The molecule has 0 saturated carbocycles. The van der Waals surface area contributed by atoms with Crippen molar-refractivity contribution < 1.29 is 14.3 Å². The number of aryl methyl sites for hydroxylation is 1. The van der Waals surface area contributed by atoms with Crippen molar-refractivity contribution in [2.75, 3.05) is 32.8 Å². The Morgan fingerprint density at radius 3 is 2.62 bits per heavy atom. The second-order valence-electron chi connectivity index (χ2n) is 8.12. The molecule has 2 aliphatic rings. The van der Waals surface area contributed by atoms with Gasteiger partial charge in [0, 0.05) is 12.6 Å². The SMILES string of the molecule is Cc1cccc(CC(=O)NC(Cc2ccc3c(c2)OCCO3)CN2CCCC2)c1. The van der Waals surface area contributed by atoms with Gasteiger partial charge in [-0.2, -0.15) is 0 Å². The van der Waals surface area contributed by atoms with Crippen LogP contribution in [0.1, 0.15) is 29.5 Å². The first-order valence-corrected chi connectivity index (χ1v) is 10.6. The van der Waals surface area contributed by atoms with E-state index < -0.39 is 0 Å². The normalized spacial score (nSPS) is 17.1. The second kappa shape index (κ2) is 9.31. The molecule has 0 radical (unpaired) electrons. The molecule has 1 N–H and O–H groups in total. The topological polar surface area (TPSA) is 50.8 Å². The Morgan fingerprint density at radius 2 is 1.83 bits per heavy atom. The van der Waals surface area contributed by atoms with Gasteiger partial charge in [0.05, 0.1) is 6.42 Å². The smallest absolute Gasteiger partial charge is 0.224 e. The monoisotopic (exact) mass is 394 g/mol. The number of hydrogen-bond donors (Lipinski definition) is 1. The summed E-state index contributed by atoms with van der Waals surface area (Å²) in [6, 6.07) is 14.3. The van der Waals surface area contributed by atoms with E-state index in [1.165, 1.54) is 18.4 Å². The number of likely N-dealkylation sites (tertiary alicyclic amines) is 1. The fourth-order valence-electron chi connectivity index (χ4n) is 4.22. The van der Waals surface area contributed by atoms with Gasteiger partial charge in [0.25, 0.3) is 0 Å². The minimum Gasteiger partial charge on any atom is -0.486 e. The van der Waals surface area contributed by atoms with Crippen molar-refractivity contribution in [1.82, 2.24) is 10.2 Å². The quantitative estimate of drug-likeness (QED) is 0.784. The summed E-state index contributed by atoms with van der Waals surface area (Å²) in [4.78, 5) is 15.2. The van der Waals surface area contributed by atoms with Gasteiger partial charge in [0.15, 0.2) is 11.5 Å². The summed E-state index contributed by atoms with van der Waals surface area (Å²) in [5, 5.41) is 3.29. The molecule has 29 heavy (non-hydrogen) atoms. The maximum Gasteiger partial charge on any atom is 0.224 e. The summed E-state index contributed by atoms with van der Waals surface area (Å²) in [7, 11) is 0. The lowest BCUT2D eigenvalue weighted by atomic mass is 10.0. The Labute approximate surface area is 173 Å². The Kier molecular flexibility index (Phi) is 6.35. The van der Waals surface area contributed by atoms with E-state index in [0.29, 0.717) is 19.6 Å². The number of carbonyl (C=O) groups excluding carboxylic acids is 1. The van der Waals surface area contributed by atoms with Crippen LogP contribution in [0.25, 0.3) is 0 Å². The predicted molar refractivity (Wildman–Crippen MR) is 114 cm³/mol. The molecule has 2 aromatic rings. The fraction of sp³-hybridized carbons (Fsp3) is 0.458. The van der Waals surface area contributed by atoms with E-state index in [0.717, 1.165) is 48.7 Å². The number of fused-ring (bicyclic) bond motifs is 1. The summed E-state index contributed by atoms with van der Waals surface area (Å²) < 4.78 is 11.4. The van der Waals surface area contributed by atoms with Crippen molar-refractivity contribution in [3.63, 3.8) is 0 Å². The molecule has 2 aliphatic heterocycles. The van der Waals surface area contributed by atoms with Gasteiger partial charge >= 0.3 is 0 Å². The van der Waals surface area contributed by atoms with Crippen molar-refractivity contribution in [2.24, 2.45) is 0 Å². The molecule has 5 nitrogen and oxygen atoms in total. The van der Waals surface area contributed by atoms with Crippen LogP contribution in [0.3, 0.4) is 0 Å². The van der Waals surface area contributed by atoms with E-state index in [2.05, 4.69) is 41.4 Å². The number of nitrogens with zero attached hydrogens (tertiary/aromatic N) is 1. The molecular formula is C24H30N2O3. The van der Waals surface area contributed by atoms with Crippen molar-refractivity contribution in [3.8, 4) is 11.5 Å². The highest BCUT2D eigenvalue weighted by Gasteiger charge is 2.21. The van der Waals surface area contributed by atoms with Crippen molar-refractivity contribution in [3.05, 3.63) is 59.2 Å². The summed E-state index contributed by atoms with van der Waals surface area (Å²) >= 11 is 0. The highest BCUT2D eigenvalue weighted by atomic mass is 16.6. The number of ether oxygens (including phenoxy) is 2. The van der Waals surface area contributed by atoms with Gasteiger partial charge in [0.2, 0.25) is 5.91 Å². The van der Waals surface area contributed by atoms with Crippen molar-refractivity contribution in [2.45, 2.75) is 38.6 Å². The molecule has 154 valence electrons. The molecule has 0 aliphatic carbocycles. The molecule has 2 heterocycles. The lowest BCUT2D eigenvalue weighted by Crippen LogP contribution is -2.45. The van der Waals surface area contributed by atoms with Crippen LogP contribution < -0.4 is 14.8 Å². The Hall–Kier alpha value is -2.53. The van der Waals surface area contributed by atoms with Crippen molar-refractivity contribution >= 4 is 5.91 Å². The molecule has 1 amide bonds. The van der Waals surface area contributed by atoms with Crippen LogP contribution in [0.4, 0.5) is 0 Å². The summed E-state index contributed by atoms with van der Waals surface area (Å²) in [6.07, 6.45) is 3.69. The van der Waals surface area contributed by atoms with Crippen LogP contribution in [-0.2, 0) is 17.6 Å². The minimum absolute atomic E-state index is 0.0768. The number of nitrogens with one attached hydrogen (secondary N) is 1. The van der Waals surface area contributed by atoms with Gasteiger partial charge in [-0.1, -0.05) is 35.9 Å². The van der Waals surface area contributed by atoms with E-state index >= 15 is 0 Å². The fourth-order valence-corrected chi connectivity index (χ4v) is 4.22. The summed E-state index contributed by atoms with van der Waals surface area (Å²) in [5.41, 5.74) is 3.40. The maximum atomic E-state index is 12.8. The van der Waals surface area contributed by atoms with Gasteiger partial charge in [-0.15, -0.1) is 0 Å². The average molecular weight is 395 g/mol. The molecule has 5 heteroatoms. The van der Waals surface area contributed by atoms with Gasteiger partial charge in [-0.25, -0.2) is 0 Å². The lowest BCUT2D eigenvalue weighted by molar-refractivity contribution is -0.121. The van der Waals surface area contributed by atoms with Crippen LogP contribution in [0, 0.1) is 6.92 Å². The first-order chi connectivity index (χ1) is 14.2. The zero-order chi connectivity index (χ0) is 20.1. The van der Waals surface area contributed by atoms with Crippen LogP contribution in [0.5, 0.6) is 11.5 Å². The van der Waals surface area contributed by atoms with Crippen LogP contribution in [0.2, 0.25) is 0 Å². The number of benzene rings is 2. The highest BCUT2D eigenvalue weighted by molar-refractivity contribution is 5.79. The third-order valence-electron chi connectivity index (χ3n) is 5.58. The van der Waals surface area contributed by atoms with Gasteiger partial charge in [0.1, 0.15) is 13.2 Å². The molecule has 1 fully saturated rings. The van der Waals surface area contributed by atoms with Gasteiger partial charge < -0.3 is 19.7 Å². The summed E-state index contributed by atoms with van der Waals surface area (Å²) in [5.74, 6) is 1.69. The van der Waals surface area contributed by atoms with Gasteiger partial charge in [-0.3, -0.25) is 4.79 Å². The lowest BCUT2D eigenvalue weighted by Gasteiger charge is -2.25. The second-order valence-corrected chi connectivity index (χ2v) is 8.12. The largest absolute Gasteiger partial charge is 0.486 e. The molecule has 0 aromatic heterocycles. The first kappa shape index (κ1) is 19.8. The molecule has 0 bridgehead atoms. The number of rotatable bonds is 7. The van der Waals surface area contributed by atoms with Crippen molar-refractivity contribution in [1.29, 1.82) is 0 Å². The number of hydrogen-bond acceptors (Lipinski definition) is 4. The molecule has 0 spiro atoms. The summed E-state index contributed by atoms with van der Waals surface area (Å²) in [6.45, 7) is 6.35. The number of carbonyl (C=O) groups is 1. The van der Waals surface area contributed by atoms with E-state index in [1.807, 2.05) is 18.2 Å². The standard InChI is InChI=1S/C24H30N2O3/c1-18-5-4-6-19(13-18)16-24(27)25-21(17-26-9-2-3-10-26)14-20-7-8-22-23(15-20)29-12-11-28-22/h4-8,13,15,21H,2-3,9-12,14,16-17H2,1H3,(H,25,27). The number of amides is 1. The Balaban J connectivity index is 1.43. The first-order valence-electron chi connectivity index (χ1n) is 10.6. The van der Waals surface area contributed by atoms with E-state index in [9.17, 15) is 4.79 Å². The minimum atomic E-state index is 0.0768. The maximum absolute atomic E-state index is 12.8. The third kappa shape index (κ3) is 5.51. The third-order valence-corrected chi connectivity index (χ3v) is 5.58. The Morgan fingerprint density at radius 1 is 1.03 bits per heavy atom. The van der Waals surface area contributed by atoms with Crippen LogP contribution in [0.15, 0.2) is 42.5 Å². The van der Waals surface area contributed by atoms with E-state index in [1.54, 1.807) is 0 Å².